The first-order valence-electron chi connectivity index (χ1n) is 9.32. The van der Waals surface area contributed by atoms with Gasteiger partial charge in [0, 0.05) is 43.8 Å². The van der Waals surface area contributed by atoms with Crippen LogP contribution >= 0.6 is 0 Å². The van der Waals surface area contributed by atoms with Gasteiger partial charge in [0.15, 0.2) is 0 Å². The van der Waals surface area contributed by atoms with Gasteiger partial charge in [0.05, 0.1) is 6.04 Å². The Morgan fingerprint density at radius 3 is 2.69 bits per heavy atom. The topological polar surface area (TPSA) is 75.9 Å². The first-order chi connectivity index (χ1) is 12.5. The van der Waals surface area contributed by atoms with Crippen molar-refractivity contribution in [1.82, 2.24) is 25.1 Å². The quantitative estimate of drug-likeness (QED) is 0.891. The zero-order chi connectivity index (χ0) is 18.7. The molecule has 0 aromatic carbocycles. The second-order valence-electron chi connectivity index (χ2n) is 7.15. The van der Waals surface area contributed by atoms with Crippen LogP contribution in [0.4, 0.5) is 5.95 Å². The molecule has 1 fully saturated rings. The number of carbonyl (C=O) groups excluding carboxylic acids is 1. The van der Waals surface area contributed by atoms with Crippen molar-refractivity contribution in [2.24, 2.45) is 7.05 Å². The van der Waals surface area contributed by atoms with Crippen molar-refractivity contribution < 1.29 is 4.79 Å². The number of rotatable bonds is 5. The normalized spacial score (nSPS) is 16.3. The lowest BCUT2D eigenvalue weighted by atomic mass is 9.95. The van der Waals surface area contributed by atoms with Crippen molar-refractivity contribution in [3.8, 4) is 0 Å². The molecule has 1 amide bonds. The number of anilines is 1. The second kappa shape index (κ2) is 7.85. The van der Waals surface area contributed by atoms with E-state index in [-0.39, 0.29) is 11.9 Å². The van der Waals surface area contributed by atoms with E-state index in [2.05, 4.69) is 27.3 Å². The molecule has 3 rings (SSSR count). The van der Waals surface area contributed by atoms with E-state index in [4.69, 9.17) is 4.98 Å². The maximum atomic E-state index is 12.4. The van der Waals surface area contributed by atoms with Crippen LogP contribution in [0, 0.1) is 6.92 Å². The minimum atomic E-state index is -0.175. The SMILES string of the molecule is Cc1nc(N(C)C2CCCCC2)ncc1C(C)NC(=O)c1ccnn1C. The Morgan fingerprint density at radius 2 is 2.08 bits per heavy atom. The molecule has 1 aliphatic rings. The van der Waals surface area contributed by atoms with Crippen molar-refractivity contribution in [3.05, 3.63) is 35.4 Å². The number of nitrogens with one attached hydrogen (secondary N) is 1. The number of amides is 1. The summed E-state index contributed by atoms with van der Waals surface area (Å²) in [6.07, 6.45) is 9.76. The van der Waals surface area contributed by atoms with E-state index in [9.17, 15) is 4.79 Å². The van der Waals surface area contributed by atoms with Gasteiger partial charge in [0.1, 0.15) is 5.69 Å². The maximum absolute atomic E-state index is 12.4. The average molecular weight is 356 g/mol. The van der Waals surface area contributed by atoms with Gasteiger partial charge in [-0.25, -0.2) is 9.97 Å². The molecule has 140 valence electrons. The Morgan fingerprint density at radius 1 is 1.35 bits per heavy atom. The van der Waals surface area contributed by atoms with Gasteiger partial charge in [-0.15, -0.1) is 0 Å². The fourth-order valence-electron chi connectivity index (χ4n) is 3.64. The Balaban J connectivity index is 1.70. The summed E-state index contributed by atoms with van der Waals surface area (Å²) >= 11 is 0. The molecule has 0 bridgehead atoms. The summed E-state index contributed by atoms with van der Waals surface area (Å²) in [5.74, 6) is 0.614. The highest BCUT2D eigenvalue weighted by atomic mass is 16.2. The van der Waals surface area contributed by atoms with Gasteiger partial charge in [-0.1, -0.05) is 19.3 Å². The van der Waals surface area contributed by atoms with Crippen molar-refractivity contribution in [2.45, 2.75) is 58.0 Å². The number of hydrogen-bond acceptors (Lipinski definition) is 5. The Labute approximate surface area is 154 Å². The molecule has 1 N–H and O–H groups in total. The van der Waals surface area contributed by atoms with Crippen LogP contribution in [-0.2, 0) is 7.05 Å². The number of aromatic nitrogens is 4. The molecule has 0 spiro atoms. The predicted molar refractivity (Wildman–Crippen MR) is 101 cm³/mol. The Bertz CT molecular complexity index is 765. The van der Waals surface area contributed by atoms with E-state index in [1.165, 1.54) is 32.1 Å². The molecule has 1 aliphatic carbocycles. The smallest absolute Gasteiger partial charge is 0.270 e. The van der Waals surface area contributed by atoms with E-state index in [1.807, 2.05) is 20.0 Å². The minimum Gasteiger partial charge on any atom is -0.344 e. The first-order valence-corrected chi connectivity index (χ1v) is 9.32. The Kier molecular flexibility index (Phi) is 5.54. The van der Waals surface area contributed by atoms with Crippen molar-refractivity contribution in [1.29, 1.82) is 0 Å². The zero-order valence-corrected chi connectivity index (χ0v) is 16.1. The molecule has 2 heterocycles. The molecule has 7 heteroatoms. The van der Waals surface area contributed by atoms with Crippen LogP contribution in [0.5, 0.6) is 0 Å². The van der Waals surface area contributed by atoms with Crippen LogP contribution in [-0.4, -0.2) is 38.7 Å². The average Bonchev–Trinajstić information content (AvgIpc) is 3.07. The largest absolute Gasteiger partial charge is 0.344 e. The maximum Gasteiger partial charge on any atom is 0.270 e. The summed E-state index contributed by atoms with van der Waals surface area (Å²) < 4.78 is 1.56. The second-order valence-corrected chi connectivity index (χ2v) is 7.15. The Hall–Kier alpha value is -2.44. The highest BCUT2D eigenvalue weighted by Gasteiger charge is 2.22. The van der Waals surface area contributed by atoms with Crippen LogP contribution < -0.4 is 10.2 Å². The summed E-state index contributed by atoms with van der Waals surface area (Å²) in [7, 11) is 3.84. The fourth-order valence-corrected chi connectivity index (χ4v) is 3.64. The summed E-state index contributed by atoms with van der Waals surface area (Å²) in [5.41, 5.74) is 2.36. The monoisotopic (exact) mass is 356 g/mol. The van der Waals surface area contributed by atoms with Crippen molar-refractivity contribution >= 4 is 11.9 Å². The van der Waals surface area contributed by atoms with Gasteiger partial charge in [-0.3, -0.25) is 9.48 Å². The molecule has 1 saturated carbocycles. The van der Waals surface area contributed by atoms with E-state index in [0.29, 0.717) is 11.7 Å². The third-order valence-electron chi connectivity index (χ3n) is 5.31. The highest BCUT2D eigenvalue weighted by Crippen LogP contribution is 2.25. The third kappa shape index (κ3) is 3.86. The van der Waals surface area contributed by atoms with Gasteiger partial charge in [0.25, 0.3) is 5.91 Å². The molecule has 0 aliphatic heterocycles. The van der Waals surface area contributed by atoms with E-state index >= 15 is 0 Å². The summed E-state index contributed by atoms with van der Waals surface area (Å²) in [6, 6.07) is 2.05. The summed E-state index contributed by atoms with van der Waals surface area (Å²) in [6.45, 7) is 3.92. The molecule has 2 aromatic rings. The first kappa shape index (κ1) is 18.4. The molecular formula is C19H28N6O. The number of nitrogens with zero attached hydrogens (tertiary/aromatic N) is 5. The molecule has 0 saturated heterocycles. The van der Waals surface area contributed by atoms with Gasteiger partial charge in [0.2, 0.25) is 5.95 Å². The van der Waals surface area contributed by atoms with Crippen molar-refractivity contribution in [3.63, 3.8) is 0 Å². The van der Waals surface area contributed by atoms with Gasteiger partial charge < -0.3 is 10.2 Å². The number of hydrogen-bond donors (Lipinski definition) is 1. The molecule has 1 atom stereocenters. The highest BCUT2D eigenvalue weighted by molar-refractivity contribution is 5.92. The third-order valence-corrected chi connectivity index (χ3v) is 5.31. The van der Waals surface area contributed by atoms with Crippen molar-refractivity contribution in [2.75, 3.05) is 11.9 Å². The van der Waals surface area contributed by atoms with Crippen LogP contribution in [0.3, 0.4) is 0 Å². The number of aryl methyl sites for hydroxylation is 2. The molecule has 1 unspecified atom stereocenters. The minimum absolute atomic E-state index is 0.152. The van der Waals surface area contributed by atoms with E-state index in [1.54, 1.807) is 24.0 Å². The molecule has 0 radical (unpaired) electrons. The standard InChI is InChI=1S/C19H28N6O/c1-13(22-18(26)17-10-11-21-25(17)4)16-12-20-19(23-14(16)2)24(3)15-8-6-5-7-9-15/h10-13,15H,5-9H2,1-4H3,(H,22,26). The molecular weight excluding hydrogens is 328 g/mol. The van der Waals surface area contributed by atoms with Gasteiger partial charge in [-0.05, 0) is 32.8 Å². The lowest BCUT2D eigenvalue weighted by Gasteiger charge is -2.31. The summed E-state index contributed by atoms with van der Waals surface area (Å²) in [4.78, 5) is 23.9. The fraction of sp³-hybridized carbons (Fsp3) is 0.579. The van der Waals surface area contributed by atoms with Crippen LogP contribution in [0.1, 0.15) is 66.8 Å². The summed E-state index contributed by atoms with van der Waals surface area (Å²) in [5, 5.41) is 7.04. The van der Waals surface area contributed by atoms with E-state index < -0.39 is 0 Å². The van der Waals surface area contributed by atoms with Crippen LogP contribution in [0.15, 0.2) is 18.5 Å². The molecule has 7 nitrogen and oxygen atoms in total. The lowest BCUT2D eigenvalue weighted by molar-refractivity contribution is 0.0930. The van der Waals surface area contributed by atoms with Gasteiger partial charge >= 0.3 is 0 Å². The van der Waals surface area contributed by atoms with E-state index in [0.717, 1.165) is 17.2 Å². The molecule has 2 aromatic heterocycles. The molecule has 26 heavy (non-hydrogen) atoms. The predicted octanol–water partition coefficient (Wildman–Crippen LogP) is 2.78. The lowest BCUT2D eigenvalue weighted by Crippen LogP contribution is -2.35. The number of carbonyl (C=O) groups is 1. The van der Waals surface area contributed by atoms with Crippen LogP contribution in [0.2, 0.25) is 0 Å². The van der Waals surface area contributed by atoms with Crippen LogP contribution in [0.25, 0.3) is 0 Å². The van der Waals surface area contributed by atoms with Gasteiger partial charge in [-0.2, -0.15) is 5.10 Å². The zero-order valence-electron chi connectivity index (χ0n) is 16.1.